The van der Waals surface area contributed by atoms with Crippen LogP contribution in [0.5, 0.6) is 0 Å². The summed E-state index contributed by atoms with van der Waals surface area (Å²) in [6.07, 6.45) is 2.02. The van der Waals surface area contributed by atoms with Crippen LogP contribution in [0.2, 0.25) is 0 Å². The van der Waals surface area contributed by atoms with Crippen LogP contribution < -0.4 is 5.32 Å². The second kappa shape index (κ2) is 6.74. The van der Waals surface area contributed by atoms with Crippen LogP contribution in [0.25, 0.3) is 0 Å². The van der Waals surface area contributed by atoms with Crippen LogP contribution in [0.4, 0.5) is 4.79 Å². The number of carboxylic acid groups (broad SMARTS) is 1. The molecular weight excluding hydrogens is 272 g/mol. The van der Waals surface area contributed by atoms with Gasteiger partial charge in [0.2, 0.25) is 0 Å². The number of carboxylic acids is 1. The number of unbranched alkanes of at least 4 members (excludes halogenated alkanes) is 1. The Morgan fingerprint density at radius 2 is 2.11 bits per heavy atom. The summed E-state index contributed by atoms with van der Waals surface area (Å²) in [4.78, 5) is 23.8. The number of amides is 2. The van der Waals surface area contributed by atoms with Crippen LogP contribution in [0.15, 0.2) is 0 Å². The molecule has 0 aliphatic carbocycles. The third kappa shape index (κ3) is 5.06. The maximum atomic E-state index is 11.9. The third-order valence-electron chi connectivity index (χ3n) is 3.02. The Labute approximate surface area is 112 Å². The first-order chi connectivity index (χ1) is 8.85. The molecule has 1 heterocycles. The summed E-state index contributed by atoms with van der Waals surface area (Å²) >= 11 is 0. The van der Waals surface area contributed by atoms with Crippen molar-refractivity contribution in [1.29, 1.82) is 0 Å². The van der Waals surface area contributed by atoms with E-state index in [4.69, 9.17) is 5.11 Å². The van der Waals surface area contributed by atoms with Crippen molar-refractivity contribution in [3.05, 3.63) is 0 Å². The fourth-order valence-corrected chi connectivity index (χ4v) is 3.74. The number of rotatable bonds is 6. The minimum absolute atomic E-state index is 0.00995. The number of nitrogens with one attached hydrogen (secondary N) is 1. The molecule has 110 valence electrons. The average molecular weight is 292 g/mol. The molecule has 1 aliphatic heterocycles. The standard InChI is InChI=1S/C11H20N2O5S/c1-2-3-5-12-11(16)13(7-10(14)15)9-4-6-19(17,18)8-9/h9H,2-8H2,1H3,(H,12,16)(H,14,15). The summed E-state index contributed by atoms with van der Waals surface area (Å²) in [5.41, 5.74) is 0. The van der Waals surface area contributed by atoms with E-state index < -0.39 is 34.4 Å². The van der Waals surface area contributed by atoms with Crippen molar-refractivity contribution in [2.45, 2.75) is 32.2 Å². The number of aliphatic carboxylic acids is 1. The molecule has 2 N–H and O–H groups in total. The Bertz CT molecular complexity index is 434. The van der Waals surface area contributed by atoms with E-state index in [1.54, 1.807) is 0 Å². The number of urea groups is 1. The molecule has 19 heavy (non-hydrogen) atoms. The molecule has 7 nitrogen and oxygen atoms in total. The maximum Gasteiger partial charge on any atom is 0.323 e. The zero-order valence-electron chi connectivity index (χ0n) is 11.0. The summed E-state index contributed by atoms with van der Waals surface area (Å²) < 4.78 is 22.8. The van der Waals surface area contributed by atoms with E-state index in [-0.39, 0.29) is 11.5 Å². The zero-order valence-corrected chi connectivity index (χ0v) is 11.8. The Hall–Kier alpha value is -1.31. The predicted molar refractivity (Wildman–Crippen MR) is 69.7 cm³/mol. The minimum atomic E-state index is -3.15. The maximum absolute atomic E-state index is 11.9. The second-order valence-corrected chi connectivity index (χ2v) is 6.89. The van der Waals surface area contributed by atoms with Crippen molar-refractivity contribution in [3.8, 4) is 0 Å². The highest BCUT2D eigenvalue weighted by molar-refractivity contribution is 7.91. The first-order valence-corrected chi connectivity index (χ1v) is 8.14. The van der Waals surface area contributed by atoms with Crippen molar-refractivity contribution in [3.63, 3.8) is 0 Å². The Morgan fingerprint density at radius 3 is 2.58 bits per heavy atom. The Morgan fingerprint density at radius 1 is 1.42 bits per heavy atom. The number of nitrogens with zero attached hydrogens (tertiary/aromatic N) is 1. The summed E-state index contributed by atoms with van der Waals surface area (Å²) in [6.45, 7) is 1.97. The van der Waals surface area contributed by atoms with E-state index in [0.717, 1.165) is 17.7 Å². The minimum Gasteiger partial charge on any atom is -0.480 e. The smallest absolute Gasteiger partial charge is 0.323 e. The number of hydrogen-bond donors (Lipinski definition) is 2. The molecule has 1 fully saturated rings. The average Bonchev–Trinajstić information content (AvgIpc) is 2.66. The highest BCUT2D eigenvalue weighted by Crippen LogP contribution is 2.17. The highest BCUT2D eigenvalue weighted by Gasteiger charge is 2.35. The number of sulfone groups is 1. The fourth-order valence-electron chi connectivity index (χ4n) is 2.01. The number of carbonyl (C=O) groups excluding carboxylic acids is 1. The first-order valence-electron chi connectivity index (χ1n) is 6.32. The third-order valence-corrected chi connectivity index (χ3v) is 4.77. The largest absolute Gasteiger partial charge is 0.480 e. The molecule has 0 bridgehead atoms. The molecule has 0 aromatic carbocycles. The van der Waals surface area contributed by atoms with Crippen molar-refractivity contribution in [1.82, 2.24) is 10.2 Å². The molecule has 1 atom stereocenters. The van der Waals surface area contributed by atoms with E-state index in [0.29, 0.717) is 13.0 Å². The lowest BCUT2D eigenvalue weighted by atomic mass is 10.2. The quantitative estimate of drug-likeness (QED) is 0.674. The van der Waals surface area contributed by atoms with Gasteiger partial charge in [0.05, 0.1) is 11.5 Å². The van der Waals surface area contributed by atoms with Gasteiger partial charge in [-0.1, -0.05) is 13.3 Å². The van der Waals surface area contributed by atoms with Gasteiger partial charge in [0.1, 0.15) is 6.54 Å². The monoisotopic (exact) mass is 292 g/mol. The lowest BCUT2D eigenvalue weighted by Gasteiger charge is -2.26. The van der Waals surface area contributed by atoms with Crippen LogP contribution >= 0.6 is 0 Å². The SMILES string of the molecule is CCCCNC(=O)N(CC(=O)O)C1CCS(=O)(=O)C1. The van der Waals surface area contributed by atoms with Gasteiger partial charge in [-0.15, -0.1) is 0 Å². The molecule has 0 spiro atoms. The lowest BCUT2D eigenvalue weighted by molar-refractivity contribution is -0.138. The van der Waals surface area contributed by atoms with Gasteiger partial charge in [-0.25, -0.2) is 13.2 Å². The molecule has 1 unspecified atom stereocenters. The van der Waals surface area contributed by atoms with Gasteiger partial charge >= 0.3 is 12.0 Å². The molecule has 1 rings (SSSR count). The summed E-state index contributed by atoms with van der Waals surface area (Å²) in [6, 6.07) is -1.04. The Balaban J connectivity index is 2.66. The van der Waals surface area contributed by atoms with Gasteiger partial charge in [-0.05, 0) is 12.8 Å². The normalized spacial score (nSPS) is 21.0. The molecular formula is C11H20N2O5S. The molecule has 0 radical (unpaired) electrons. The number of carbonyl (C=O) groups is 2. The molecule has 0 saturated carbocycles. The second-order valence-electron chi connectivity index (χ2n) is 4.66. The molecule has 0 aromatic heterocycles. The molecule has 0 aromatic rings. The van der Waals surface area contributed by atoms with E-state index in [9.17, 15) is 18.0 Å². The van der Waals surface area contributed by atoms with Gasteiger partial charge in [0.15, 0.2) is 9.84 Å². The van der Waals surface area contributed by atoms with Crippen molar-refractivity contribution in [2.75, 3.05) is 24.6 Å². The molecule has 8 heteroatoms. The van der Waals surface area contributed by atoms with E-state index >= 15 is 0 Å². The van der Waals surface area contributed by atoms with Gasteiger partial charge in [0, 0.05) is 12.6 Å². The van der Waals surface area contributed by atoms with Crippen LogP contribution in [0.3, 0.4) is 0 Å². The zero-order chi connectivity index (χ0) is 14.5. The van der Waals surface area contributed by atoms with Crippen LogP contribution in [-0.4, -0.2) is 61.1 Å². The topological polar surface area (TPSA) is 104 Å². The summed E-state index contributed by atoms with van der Waals surface area (Å²) in [5.74, 6) is -1.28. The van der Waals surface area contributed by atoms with Crippen LogP contribution in [-0.2, 0) is 14.6 Å². The lowest BCUT2D eigenvalue weighted by Crippen LogP contribution is -2.49. The van der Waals surface area contributed by atoms with E-state index in [1.165, 1.54) is 0 Å². The number of hydrogen-bond acceptors (Lipinski definition) is 4. The van der Waals surface area contributed by atoms with Gasteiger partial charge < -0.3 is 15.3 Å². The van der Waals surface area contributed by atoms with Crippen molar-refractivity contribution in [2.24, 2.45) is 0 Å². The fraction of sp³-hybridized carbons (Fsp3) is 0.818. The van der Waals surface area contributed by atoms with Crippen LogP contribution in [0.1, 0.15) is 26.2 Å². The highest BCUT2D eigenvalue weighted by atomic mass is 32.2. The van der Waals surface area contributed by atoms with Crippen molar-refractivity contribution < 1.29 is 23.1 Å². The van der Waals surface area contributed by atoms with E-state index in [1.807, 2.05) is 6.92 Å². The van der Waals surface area contributed by atoms with Crippen molar-refractivity contribution >= 4 is 21.8 Å². The Kier molecular flexibility index (Phi) is 5.59. The molecule has 1 saturated heterocycles. The van der Waals surface area contributed by atoms with Gasteiger partial charge in [0.25, 0.3) is 0 Å². The summed E-state index contributed by atoms with van der Waals surface area (Å²) in [7, 11) is -3.15. The molecule has 1 aliphatic rings. The summed E-state index contributed by atoms with van der Waals surface area (Å²) in [5, 5.41) is 11.4. The van der Waals surface area contributed by atoms with Gasteiger partial charge in [-0.3, -0.25) is 4.79 Å². The van der Waals surface area contributed by atoms with E-state index in [2.05, 4.69) is 5.32 Å². The molecule has 2 amide bonds. The van der Waals surface area contributed by atoms with Gasteiger partial charge in [-0.2, -0.15) is 0 Å². The first kappa shape index (κ1) is 15.7. The predicted octanol–water partition coefficient (Wildman–Crippen LogP) is 0.0698. The van der Waals surface area contributed by atoms with Crippen LogP contribution in [0, 0.1) is 0 Å².